The molecule has 1 spiro atoms. The Morgan fingerprint density at radius 1 is 1.13 bits per heavy atom. The lowest BCUT2D eigenvalue weighted by atomic mass is 9.73. The van der Waals surface area contributed by atoms with Crippen molar-refractivity contribution in [1.29, 1.82) is 0 Å². The van der Waals surface area contributed by atoms with E-state index in [0.717, 1.165) is 37.7 Å². The molecule has 2 aliphatic rings. The first-order chi connectivity index (χ1) is 11.1. The second kappa shape index (κ2) is 6.14. The molecule has 2 fully saturated rings. The normalized spacial score (nSPS) is 20.1. The Morgan fingerprint density at radius 3 is 2.39 bits per heavy atom. The van der Waals surface area contributed by atoms with E-state index in [0.29, 0.717) is 12.0 Å². The van der Waals surface area contributed by atoms with Crippen LogP contribution in [0.1, 0.15) is 54.4 Å². The number of esters is 1. The van der Waals surface area contributed by atoms with Crippen LogP contribution in [0.25, 0.3) is 0 Å². The van der Waals surface area contributed by atoms with Gasteiger partial charge in [0.2, 0.25) is 11.8 Å². The van der Waals surface area contributed by atoms with Gasteiger partial charge in [0.05, 0.1) is 24.6 Å². The number of hydrogen-bond donors (Lipinski definition) is 0. The molecule has 23 heavy (non-hydrogen) atoms. The van der Waals surface area contributed by atoms with E-state index in [1.807, 2.05) is 0 Å². The fourth-order valence-corrected chi connectivity index (χ4v) is 3.69. The third-order valence-corrected chi connectivity index (χ3v) is 5.02. The zero-order valence-electron chi connectivity index (χ0n) is 13.3. The first kappa shape index (κ1) is 15.7. The van der Waals surface area contributed by atoms with Crippen molar-refractivity contribution in [2.45, 2.75) is 45.1 Å². The number of hydrogen-bond acceptors (Lipinski definition) is 4. The van der Waals surface area contributed by atoms with E-state index in [1.165, 1.54) is 12.0 Å². The monoisotopic (exact) mass is 315 g/mol. The fourth-order valence-electron chi connectivity index (χ4n) is 3.69. The maximum atomic E-state index is 12.7. The maximum absolute atomic E-state index is 12.7. The molecular formula is C18H21NO4. The highest BCUT2D eigenvalue weighted by Crippen LogP contribution is 2.45. The van der Waals surface area contributed by atoms with E-state index >= 15 is 0 Å². The molecule has 1 saturated carbocycles. The second-order valence-corrected chi connectivity index (χ2v) is 6.49. The summed E-state index contributed by atoms with van der Waals surface area (Å²) in [6.07, 6.45) is 5.22. The lowest BCUT2D eigenvalue weighted by molar-refractivity contribution is -0.142. The van der Waals surface area contributed by atoms with Crippen LogP contribution in [0, 0.1) is 5.41 Å². The van der Waals surface area contributed by atoms with Gasteiger partial charge in [-0.3, -0.25) is 14.5 Å². The predicted molar refractivity (Wildman–Crippen MR) is 83.5 cm³/mol. The molecule has 0 radical (unpaired) electrons. The van der Waals surface area contributed by atoms with Crippen molar-refractivity contribution in [1.82, 2.24) is 4.90 Å². The summed E-state index contributed by atoms with van der Waals surface area (Å²) >= 11 is 0. The summed E-state index contributed by atoms with van der Waals surface area (Å²) < 4.78 is 4.66. The molecule has 122 valence electrons. The van der Waals surface area contributed by atoms with Crippen LogP contribution in [0.3, 0.4) is 0 Å². The Balaban J connectivity index is 1.73. The Bertz CT molecular complexity index is 629. The van der Waals surface area contributed by atoms with E-state index < -0.39 is 11.4 Å². The van der Waals surface area contributed by atoms with Gasteiger partial charge in [0.25, 0.3) is 0 Å². The van der Waals surface area contributed by atoms with Crippen molar-refractivity contribution < 1.29 is 19.1 Å². The molecule has 2 amide bonds. The highest BCUT2D eigenvalue weighted by molar-refractivity contribution is 6.05. The highest BCUT2D eigenvalue weighted by Gasteiger charge is 2.51. The molecule has 5 heteroatoms. The molecule has 1 aliphatic heterocycles. The van der Waals surface area contributed by atoms with E-state index in [9.17, 15) is 14.4 Å². The van der Waals surface area contributed by atoms with Crippen molar-refractivity contribution in [2.75, 3.05) is 7.11 Å². The third-order valence-electron chi connectivity index (χ3n) is 5.02. The van der Waals surface area contributed by atoms with Crippen LogP contribution < -0.4 is 0 Å². The first-order valence-corrected chi connectivity index (χ1v) is 8.08. The molecule has 5 nitrogen and oxygen atoms in total. The maximum Gasteiger partial charge on any atom is 0.337 e. The lowest BCUT2D eigenvalue weighted by Crippen LogP contribution is -2.36. The number of ether oxygens (including phenoxy) is 1. The van der Waals surface area contributed by atoms with E-state index in [2.05, 4.69) is 4.74 Å². The van der Waals surface area contributed by atoms with E-state index in [-0.39, 0.29) is 18.4 Å². The van der Waals surface area contributed by atoms with E-state index in [4.69, 9.17) is 0 Å². The minimum atomic E-state index is -0.443. The number of nitrogens with zero attached hydrogens (tertiary/aromatic N) is 1. The van der Waals surface area contributed by atoms with Gasteiger partial charge in [-0.15, -0.1) is 0 Å². The summed E-state index contributed by atoms with van der Waals surface area (Å²) in [6.45, 7) is 0.279. The van der Waals surface area contributed by atoms with Crippen LogP contribution in [0.15, 0.2) is 24.3 Å². The number of rotatable bonds is 3. The average Bonchev–Trinajstić information content (AvgIpc) is 2.80. The molecule has 0 N–H and O–H groups in total. The van der Waals surface area contributed by atoms with Crippen LogP contribution in [-0.4, -0.2) is 29.8 Å². The van der Waals surface area contributed by atoms with Gasteiger partial charge in [-0.2, -0.15) is 0 Å². The largest absolute Gasteiger partial charge is 0.465 e. The van der Waals surface area contributed by atoms with Gasteiger partial charge in [0.1, 0.15) is 0 Å². The molecule has 1 aromatic rings. The summed E-state index contributed by atoms with van der Waals surface area (Å²) in [6, 6.07) is 6.84. The smallest absolute Gasteiger partial charge is 0.337 e. The van der Waals surface area contributed by atoms with Crippen LogP contribution in [0.4, 0.5) is 0 Å². The number of benzene rings is 1. The molecule has 0 aromatic heterocycles. The summed E-state index contributed by atoms with van der Waals surface area (Å²) in [4.78, 5) is 37.9. The zero-order chi connectivity index (χ0) is 16.4. The van der Waals surface area contributed by atoms with Gasteiger partial charge < -0.3 is 4.74 Å². The van der Waals surface area contributed by atoms with Crippen LogP contribution in [-0.2, 0) is 20.9 Å². The SMILES string of the molecule is COC(=O)c1ccc(CN2C(=O)CC3(CCCCC3)C2=O)cc1. The Labute approximate surface area is 135 Å². The highest BCUT2D eigenvalue weighted by atomic mass is 16.5. The van der Waals surface area contributed by atoms with Crippen molar-refractivity contribution in [3.05, 3.63) is 35.4 Å². The summed E-state index contributed by atoms with van der Waals surface area (Å²) in [5, 5.41) is 0. The quantitative estimate of drug-likeness (QED) is 0.635. The number of amides is 2. The van der Waals surface area contributed by atoms with Crippen LogP contribution in [0.2, 0.25) is 0 Å². The number of likely N-dealkylation sites (tertiary alicyclic amines) is 1. The average molecular weight is 315 g/mol. The number of carbonyl (C=O) groups excluding carboxylic acids is 3. The number of carbonyl (C=O) groups is 3. The minimum Gasteiger partial charge on any atom is -0.465 e. The number of methoxy groups -OCH3 is 1. The van der Waals surface area contributed by atoms with Gasteiger partial charge in [-0.05, 0) is 30.5 Å². The van der Waals surface area contributed by atoms with Crippen molar-refractivity contribution in [3.8, 4) is 0 Å². The van der Waals surface area contributed by atoms with Gasteiger partial charge in [-0.1, -0.05) is 31.4 Å². The van der Waals surface area contributed by atoms with Crippen molar-refractivity contribution in [3.63, 3.8) is 0 Å². The topological polar surface area (TPSA) is 63.7 Å². The molecule has 1 aromatic carbocycles. The summed E-state index contributed by atoms with van der Waals surface area (Å²) in [5.74, 6) is -0.487. The molecule has 3 rings (SSSR count). The van der Waals surface area contributed by atoms with Crippen LogP contribution >= 0.6 is 0 Å². The lowest BCUT2D eigenvalue weighted by Gasteiger charge is -2.30. The van der Waals surface area contributed by atoms with Gasteiger partial charge in [0.15, 0.2) is 0 Å². The first-order valence-electron chi connectivity index (χ1n) is 8.08. The number of imide groups is 1. The molecule has 0 unspecified atom stereocenters. The second-order valence-electron chi connectivity index (χ2n) is 6.49. The molecule has 1 heterocycles. The standard InChI is InChI=1S/C18H21NO4/c1-23-16(21)14-7-5-13(6-8-14)12-19-15(20)11-18(17(19)22)9-3-2-4-10-18/h5-8H,2-4,9-12H2,1H3. The fraction of sp³-hybridized carbons (Fsp3) is 0.500. The summed E-state index contributed by atoms with van der Waals surface area (Å²) in [7, 11) is 1.33. The molecule has 1 saturated heterocycles. The Kier molecular flexibility index (Phi) is 4.20. The Morgan fingerprint density at radius 2 is 1.78 bits per heavy atom. The van der Waals surface area contributed by atoms with Crippen molar-refractivity contribution in [2.24, 2.45) is 5.41 Å². The van der Waals surface area contributed by atoms with Gasteiger partial charge >= 0.3 is 5.97 Å². The molecular weight excluding hydrogens is 294 g/mol. The predicted octanol–water partition coefficient (Wildman–Crippen LogP) is 2.68. The molecule has 0 atom stereocenters. The Hall–Kier alpha value is -2.17. The van der Waals surface area contributed by atoms with E-state index in [1.54, 1.807) is 24.3 Å². The minimum absolute atomic E-state index is 0.0146. The van der Waals surface area contributed by atoms with Crippen LogP contribution in [0.5, 0.6) is 0 Å². The molecule has 0 bridgehead atoms. The zero-order valence-corrected chi connectivity index (χ0v) is 13.3. The van der Waals surface area contributed by atoms with Gasteiger partial charge in [-0.25, -0.2) is 4.79 Å². The molecule has 1 aliphatic carbocycles. The third kappa shape index (κ3) is 2.87. The van der Waals surface area contributed by atoms with Crippen molar-refractivity contribution >= 4 is 17.8 Å². The van der Waals surface area contributed by atoms with Gasteiger partial charge in [0, 0.05) is 6.42 Å². The summed E-state index contributed by atoms with van der Waals surface area (Å²) in [5.41, 5.74) is 0.854.